The van der Waals surface area contributed by atoms with Crippen LogP contribution in [0.3, 0.4) is 0 Å². The maximum absolute atomic E-state index is 12.3. The fourth-order valence-electron chi connectivity index (χ4n) is 3.00. The summed E-state index contributed by atoms with van der Waals surface area (Å²) in [6.07, 6.45) is 0.766. The number of hydrogen-bond acceptors (Lipinski definition) is 6. The van der Waals surface area contributed by atoms with Crippen LogP contribution in [0.1, 0.15) is 16.8 Å². The van der Waals surface area contributed by atoms with Gasteiger partial charge in [-0.25, -0.2) is 9.97 Å². The normalized spacial score (nSPS) is 11.1. The molecule has 1 amide bonds. The van der Waals surface area contributed by atoms with Gasteiger partial charge >= 0.3 is 0 Å². The van der Waals surface area contributed by atoms with E-state index in [4.69, 9.17) is 11.6 Å². The SMILES string of the molecule is C=NCCCNC(=O)c1ccc2c(c1)nc(Nc1nc3ccc(Cl)cc3s1)n2C. The van der Waals surface area contributed by atoms with Gasteiger partial charge in [-0.05, 0) is 49.5 Å². The number of imidazole rings is 1. The van der Waals surface area contributed by atoms with Crippen molar-refractivity contribution in [2.45, 2.75) is 6.42 Å². The molecule has 2 heterocycles. The second kappa shape index (κ2) is 8.18. The maximum Gasteiger partial charge on any atom is 0.251 e. The van der Waals surface area contributed by atoms with Gasteiger partial charge in [-0.1, -0.05) is 22.9 Å². The second-order valence-electron chi connectivity index (χ2n) is 6.51. The largest absolute Gasteiger partial charge is 0.352 e. The number of amides is 1. The number of carbonyl (C=O) groups excluding carboxylic acids is 1. The highest BCUT2D eigenvalue weighted by Gasteiger charge is 2.13. The van der Waals surface area contributed by atoms with E-state index in [1.807, 2.05) is 35.9 Å². The van der Waals surface area contributed by atoms with Gasteiger partial charge in [0.05, 0.1) is 21.3 Å². The third kappa shape index (κ3) is 4.08. The minimum Gasteiger partial charge on any atom is -0.352 e. The number of aromatic nitrogens is 3. The topological polar surface area (TPSA) is 84.2 Å². The van der Waals surface area contributed by atoms with Crippen molar-refractivity contribution in [3.63, 3.8) is 0 Å². The first-order valence-electron chi connectivity index (χ1n) is 9.05. The summed E-state index contributed by atoms with van der Waals surface area (Å²) in [5.41, 5.74) is 3.11. The molecule has 0 radical (unpaired) electrons. The number of halogens is 1. The molecule has 0 bridgehead atoms. The highest BCUT2D eigenvalue weighted by Crippen LogP contribution is 2.31. The number of thiazole rings is 1. The van der Waals surface area contributed by atoms with Gasteiger partial charge in [-0.3, -0.25) is 4.79 Å². The van der Waals surface area contributed by atoms with Crippen molar-refractivity contribution in [2.75, 3.05) is 18.4 Å². The lowest BCUT2D eigenvalue weighted by Crippen LogP contribution is -2.24. The number of rotatable bonds is 7. The van der Waals surface area contributed by atoms with Crippen LogP contribution < -0.4 is 10.6 Å². The monoisotopic (exact) mass is 426 g/mol. The molecule has 0 saturated heterocycles. The minimum atomic E-state index is -0.126. The first-order valence-corrected chi connectivity index (χ1v) is 10.2. The zero-order chi connectivity index (χ0) is 20.4. The molecule has 29 heavy (non-hydrogen) atoms. The van der Waals surface area contributed by atoms with Crippen LogP contribution in [-0.2, 0) is 7.05 Å². The number of fused-ring (bicyclic) bond motifs is 2. The van der Waals surface area contributed by atoms with Crippen molar-refractivity contribution in [3.05, 3.63) is 47.0 Å². The van der Waals surface area contributed by atoms with Gasteiger partial charge in [0.2, 0.25) is 5.95 Å². The Kier molecular flexibility index (Phi) is 5.46. The van der Waals surface area contributed by atoms with E-state index in [-0.39, 0.29) is 5.91 Å². The van der Waals surface area contributed by atoms with Gasteiger partial charge in [-0.2, -0.15) is 0 Å². The molecule has 0 aliphatic rings. The third-order valence-electron chi connectivity index (χ3n) is 4.49. The molecule has 4 rings (SSSR count). The van der Waals surface area contributed by atoms with Gasteiger partial charge < -0.3 is 20.2 Å². The van der Waals surface area contributed by atoms with E-state index < -0.39 is 0 Å². The molecular formula is C20H19ClN6OS. The van der Waals surface area contributed by atoms with Gasteiger partial charge in [0.15, 0.2) is 5.13 Å². The predicted molar refractivity (Wildman–Crippen MR) is 120 cm³/mol. The Bertz CT molecular complexity index is 1210. The Morgan fingerprint density at radius 2 is 2.10 bits per heavy atom. The summed E-state index contributed by atoms with van der Waals surface area (Å²) in [7, 11) is 1.92. The van der Waals surface area contributed by atoms with Crippen molar-refractivity contribution < 1.29 is 4.79 Å². The summed E-state index contributed by atoms with van der Waals surface area (Å²) in [6.45, 7) is 4.63. The summed E-state index contributed by atoms with van der Waals surface area (Å²) in [4.78, 5) is 25.3. The van der Waals surface area contributed by atoms with E-state index in [1.54, 1.807) is 12.1 Å². The lowest BCUT2D eigenvalue weighted by atomic mass is 10.2. The van der Waals surface area contributed by atoms with Crippen LogP contribution in [0.2, 0.25) is 5.02 Å². The Labute approximate surface area is 176 Å². The van der Waals surface area contributed by atoms with Crippen molar-refractivity contribution in [3.8, 4) is 0 Å². The molecule has 0 fully saturated rings. The van der Waals surface area contributed by atoms with Gasteiger partial charge in [-0.15, -0.1) is 0 Å². The summed E-state index contributed by atoms with van der Waals surface area (Å²) in [5, 5.41) is 7.56. The Morgan fingerprint density at radius 1 is 1.24 bits per heavy atom. The van der Waals surface area contributed by atoms with E-state index in [1.165, 1.54) is 11.3 Å². The lowest BCUT2D eigenvalue weighted by Gasteiger charge is -2.04. The average Bonchev–Trinajstić information content (AvgIpc) is 3.25. The zero-order valence-corrected chi connectivity index (χ0v) is 17.3. The maximum atomic E-state index is 12.3. The van der Waals surface area contributed by atoms with Gasteiger partial charge in [0.1, 0.15) is 0 Å². The molecule has 2 aromatic heterocycles. The van der Waals surface area contributed by atoms with E-state index >= 15 is 0 Å². The zero-order valence-electron chi connectivity index (χ0n) is 15.8. The Balaban J connectivity index is 1.56. The van der Waals surface area contributed by atoms with Crippen LogP contribution in [0.25, 0.3) is 21.3 Å². The molecule has 0 aliphatic carbocycles. The standard InChI is InChI=1S/C20H19ClN6OS/c1-22-8-3-9-23-18(28)12-4-7-16-15(10-12)24-19(27(16)2)26-20-25-14-6-5-13(21)11-17(14)29-20/h4-7,10-11H,1,3,8-9H2,2H3,(H,23,28)(H,24,25,26). The quantitative estimate of drug-likeness (QED) is 0.339. The van der Waals surface area contributed by atoms with Crippen LogP contribution in [0.15, 0.2) is 41.4 Å². The third-order valence-corrected chi connectivity index (χ3v) is 5.66. The van der Waals surface area contributed by atoms with Crippen molar-refractivity contribution >= 4 is 67.9 Å². The fraction of sp³-hybridized carbons (Fsp3) is 0.200. The smallest absolute Gasteiger partial charge is 0.251 e. The minimum absolute atomic E-state index is 0.126. The molecule has 0 aliphatic heterocycles. The van der Waals surface area contributed by atoms with Gasteiger partial charge in [0.25, 0.3) is 5.91 Å². The molecule has 0 spiro atoms. The van der Waals surface area contributed by atoms with Crippen LogP contribution in [-0.4, -0.2) is 40.2 Å². The van der Waals surface area contributed by atoms with Crippen LogP contribution in [0.5, 0.6) is 0 Å². The molecule has 148 valence electrons. The molecule has 9 heteroatoms. The van der Waals surface area contributed by atoms with E-state index in [0.29, 0.717) is 29.6 Å². The van der Waals surface area contributed by atoms with Crippen molar-refractivity contribution in [1.82, 2.24) is 19.9 Å². The number of nitrogens with zero attached hydrogens (tertiary/aromatic N) is 4. The second-order valence-corrected chi connectivity index (χ2v) is 7.98. The highest BCUT2D eigenvalue weighted by molar-refractivity contribution is 7.22. The van der Waals surface area contributed by atoms with Crippen molar-refractivity contribution in [2.24, 2.45) is 12.0 Å². The average molecular weight is 427 g/mol. The molecule has 4 aromatic rings. The summed E-state index contributed by atoms with van der Waals surface area (Å²) < 4.78 is 2.94. The van der Waals surface area contributed by atoms with Gasteiger partial charge in [0, 0.05) is 30.7 Å². The van der Waals surface area contributed by atoms with E-state index in [2.05, 4.69) is 32.3 Å². The van der Waals surface area contributed by atoms with E-state index in [0.717, 1.165) is 32.8 Å². The molecule has 2 N–H and O–H groups in total. The predicted octanol–water partition coefficient (Wildman–Crippen LogP) is 4.40. The Morgan fingerprint density at radius 3 is 2.93 bits per heavy atom. The summed E-state index contributed by atoms with van der Waals surface area (Å²) in [6, 6.07) is 11.1. The number of nitrogens with one attached hydrogen (secondary N) is 2. The number of hydrogen-bond donors (Lipinski definition) is 2. The Hall–Kier alpha value is -2.97. The number of aryl methyl sites for hydroxylation is 1. The van der Waals surface area contributed by atoms with Crippen LogP contribution >= 0.6 is 22.9 Å². The number of aliphatic imine (C=N–C) groups is 1. The molecular weight excluding hydrogens is 408 g/mol. The first-order chi connectivity index (χ1) is 14.0. The molecule has 7 nitrogen and oxygen atoms in total. The molecule has 2 aromatic carbocycles. The first kappa shape index (κ1) is 19.4. The fourth-order valence-corrected chi connectivity index (χ4v) is 4.13. The molecule has 0 unspecified atom stereocenters. The van der Waals surface area contributed by atoms with Crippen molar-refractivity contribution in [1.29, 1.82) is 0 Å². The summed E-state index contributed by atoms with van der Waals surface area (Å²) in [5.74, 6) is 0.527. The molecule has 0 atom stereocenters. The number of anilines is 2. The summed E-state index contributed by atoms with van der Waals surface area (Å²) >= 11 is 7.57. The van der Waals surface area contributed by atoms with Crippen LogP contribution in [0, 0.1) is 0 Å². The van der Waals surface area contributed by atoms with E-state index in [9.17, 15) is 4.79 Å². The number of benzene rings is 2. The number of carbonyl (C=O) groups is 1. The highest BCUT2D eigenvalue weighted by atomic mass is 35.5. The molecule has 0 saturated carbocycles. The van der Waals surface area contributed by atoms with Crippen LogP contribution in [0.4, 0.5) is 11.1 Å². The lowest BCUT2D eigenvalue weighted by molar-refractivity contribution is 0.0953.